The maximum absolute atomic E-state index is 5.31. The standard InChI is InChI=1S/C56H36N4S/c1-5-17-37(18-6-1)43-25-15-27-45(35-43)49-50-47-29-13-14-30-48(47)57-51(39-21-9-3-10-22-39)53(50)61-52(49)40-31-33-42(34-32-40)55-58-54(41-23-11-4-12-24-41)59-56(60-55)46-28-16-26-44(36-46)38-19-7-2-8-20-38/h1-36H. The molecule has 8 aromatic carbocycles. The van der Waals surface area contributed by atoms with E-state index in [-0.39, 0.29) is 0 Å². The molecule has 0 amide bonds. The fourth-order valence-corrected chi connectivity index (χ4v) is 9.51. The van der Waals surface area contributed by atoms with E-state index in [2.05, 4.69) is 182 Å². The summed E-state index contributed by atoms with van der Waals surface area (Å²) >= 11 is 1.81. The van der Waals surface area contributed by atoms with Crippen molar-refractivity contribution in [2.24, 2.45) is 0 Å². The predicted molar refractivity (Wildman–Crippen MR) is 254 cm³/mol. The molecule has 5 heteroatoms. The maximum Gasteiger partial charge on any atom is 0.164 e. The normalized spacial score (nSPS) is 11.3. The third-order valence-corrected chi connectivity index (χ3v) is 12.4. The Morgan fingerprint density at radius 3 is 1.33 bits per heavy atom. The van der Waals surface area contributed by atoms with Gasteiger partial charge in [-0.05, 0) is 51.6 Å². The zero-order valence-electron chi connectivity index (χ0n) is 33.0. The number of fused-ring (bicyclic) bond motifs is 3. The maximum atomic E-state index is 5.31. The summed E-state index contributed by atoms with van der Waals surface area (Å²) in [6.07, 6.45) is 0. The number of nitrogens with zero attached hydrogens (tertiary/aromatic N) is 4. The molecule has 0 N–H and O–H groups in total. The number of benzene rings is 8. The first-order valence-corrected chi connectivity index (χ1v) is 21.2. The quantitative estimate of drug-likeness (QED) is 0.154. The van der Waals surface area contributed by atoms with E-state index in [1.165, 1.54) is 27.0 Å². The third kappa shape index (κ3) is 6.97. The van der Waals surface area contributed by atoms with Crippen LogP contribution in [0.15, 0.2) is 218 Å². The lowest BCUT2D eigenvalue weighted by atomic mass is 9.93. The van der Waals surface area contributed by atoms with Gasteiger partial charge in [-0.2, -0.15) is 0 Å². The van der Waals surface area contributed by atoms with E-state index in [1.54, 1.807) is 11.3 Å². The van der Waals surface area contributed by atoms with Crippen molar-refractivity contribution < 1.29 is 0 Å². The first-order chi connectivity index (χ1) is 30.2. The Hall–Kier alpha value is -7.86. The summed E-state index contributed by atoms with van der Waals surface area (Å²) in [7, 11) is 0. The average molecular weight is 797 g/mol. The second-order valence-electron chi connectivity index (χ2n) is 15.0. The van der Waals surface area contributed by atoms with Crippen LogP contribution in [0.2, 0.25) is 0 Å². The van der Waals surface area contributed by atoms with Gasteiger partial charge in [-0.1, -0.05) is 200 Å². The highest BCUT2D eigenvalue weighted by Gasteiger charge is 2.23. The molecule has 0 atom stereocenters. The molecular weight excluding hydrogens is 761 g/mol. The van der Waals surface area contributed by atoms with Crippen molar-refractivity contribution >= 4 is 32.3 Å². The van der Waals surface area contributed by atoms with Crippen molar-refractivity contribution in [3.8, 4) is 89.2 Å². The summed E-state index contributed by atoms with van der Waals surface area (Å²) in [5.41, 5.74) is 13.9. The topological polar surface area (TPSA) is 51.6 Å². The van der Waals surface area contributed by atoms with Crippen LogP contribution in [0.3, 0.4) is 0 Å². The van der Waals surface area contributed by atoms with Crippen molar-refractivity contribution in [2.45, 2.75) is 0 Å². The van der Waals surface area contributed by atoms with Gasteiger partial charge in [-0.3, -0.25) is 0 Å². The van der Waals surface area contributed by atoms with E-state index in [4.69, 9.17) is 19.9 Å². The van der Waals surface area contributed by atoms with Crippen molar-refractivity contribution in [3.63, 3.8) is 0 Å². The van der Waals surface area contributed by atoms with Crippen LogP contribution in [0, 0.1) is 0 Å². The number of thiophene rings is 1. The Kier molecular flexibility index (Phi) is 9.34. The molecule has 61 heavy (non-hydrogen) atoms. The number of rotatable bonds is 8. The molecule has 0 aliphatic heterocycles. The van der Waals surface area contributed by atoms with E-state index in [0.29, 0.717) is 17.5 Å². The van der Waals surface area contributed by atoms with Gasteiger partial charge in [0, 0.05) is 43.5 Å². The highest BCUT2D eigenvalue weighted by Crippen LogP contribution is 2.50. The molecule has 11 aromatic rings. The monoisotopic (exact) mass is 796 g/mol. The molecule has 0 aliphatic rings. The molecule has 0 saturated carbocycles. The molecule has 0 fully saturated rings. The first kappa shape index (κ1) is 36.2. The number of para-hydroxylation sites is 1. The van der Waals surface area contributed by atoms with Gasteiger partial charge in [0.15, 0.2) is 17.5 Å². The molecule has 11 rings (SSSR count). The van der Waals surface area contributed by atoms with Gasteiger partial charge in [0.2, 0.25) is 0 Å². The van der Waals surface area contributed by atoms with E-state index in [1.807, 2.05) is 36.4 Å². The lowest BCUT2D eigenvalue weighted by Crippen LogP contribution is -2.00. The van der Waals surface area contributed by atoms with Crippen LogP contribution in [0.5, 0.6) is 0 Å². The Balaban J connectivity index is 1.09. The van der Waals surface area contributed by atoms with Crippen LogP contribution in [-0.2, 0) is 0 Å². The summed E-state index contributed by atoms with van der Waals surface area (Å²) in [4.78, 5) is 21.7. The van der Waals surface area contributed by atoms with Gasteiger partial charge in [0.25, 0.3) is 0 Å². The highest BCUT2D eigenvalue weighted by molar-refractivity contribution is 7.23. The summed E-state index contributed by atoms with van der Waals surface area (Å²) < 4.78 is 1.16. The van der Waals surface area contributed by atoms with E-state index >= 15 is 0 Å². The SMILES string of the molecule is c1ccc(-c2cccc(-c3nc(-c4ccccc4)nc(-c4ccc(-c5sc6c(-c7ccccc7)nc7ccccc7c6c5-c5cccc(-c6ccccc6)c5)cc4)n3)c2)cc1. The minimum Gasteiger partial charge on any atom is -0.246 e. The number of hydrogen-bond acceptors (Lipinski definition) is 5. The fraction of sp³-hybridized carbons (Fsp3) is 0. The van der Waals surface area contributed by atoms with Crippen LogP contribution in [0.1, 0.15) is 0 Å². The van der Waals surface area contributed by atoms with Crippen molar-refractivity contribution in [1.82, 2.24) is 19.9 Å². The van der Waals surface area contributed by atoms with Gasteiger partial charge >= 0.3 is 0 Å². The van der Waals surface area contributed by atoms with Gasteiger partial charge in [-0.15, -0.1) is 11.3 Å². The van der Waals surface area contributed by atoms with Gasteiger partial charge in [0.1, 0.15) is 0 Å². The van der Waals surface area contributed by atoms with Crippen molar-refractivity contribution in [2.75, 3.05) is 0 Å². The molecule has 0 bridgehead atoms. The molecule has 3 heterocycles. The van der Waals surface area contributed by atoms with Gasteiger partial charge in [-0.25, -0.2) is 19.9 Å². The van der Waals surface area contributed by atoms with Crippen molar-refractivity contribution in [1.29, 1.82) is 0 Å². The van der Waals surface area contributed by atoms with Crippen LogP contribution in [0.25, 0.3) is 110 Å². The van der Waals surface area contributed by atoms with Crippen LogP contribution in [0.4, 0.5) is 0 Å². The molecule has 0 saturated heterocycles. The minimum atomic E-state index is 0.620. The minimum absolute atomic E-state index is 0.620. The van der Waals surface area contributed by atoms with Crippen LogP contribution in [-0.4, -0.2) is 19.9 Å². The second-order valence-corrected chi connectivity index (χ2v) is 16.0. The zero-order valence-corrected chi connectivity index (χ0v) is 33.8. The Labute approximate surface area is 358 Å². The summed E-state index contributed by atoms with van der Waals surface area (Å²) in [6, 6.07) is 76.3. The summed E-state index contributed by atoms with van der Waals surface area (Å²) in [5, 5.41) is 2.35. The molecule has 0 spiro atoms. The summed E-state index contributed by atoms with van der Waals surface area (Å²) in [6.45, 7) is 0. The molecule has 0 radical (unpaired) electrons. The van der Waals surface area contributed by atoms with E-state index < -0.39 is 0 Å². The Morgan fingerprint density at radius 2 is 0.721 bits per heavy atom. The molecule has 4 nitrogen and oxygen atoms in total. The molecule has 0 unspecified atom stereocenters. The van der Waals surface area contributed by atoms with E-state index in [9.17, 15) is 0 Å². The van der Waals surface area contributed by atoms with Gasteiger partial charge in [0.05, 0.1) is 15.9 Å². The average Bonchev–Trinajstić information content (AvgIpc) is 3.76. The summed E-state index contributed by atoms with van der Waals surface area (Å²) in [5.74, 6) is 1.88. The molecular formula is C56H36N4S. The van der Waals surface area contributed by atoms with Gasteiger partial charge < -0.3 is 0 Å². The van der Waals surface area contributed by atoms with Crippen LogP contribution < -0.4 is 0 Å². The second kappa shape index (κ2) is 15.7. The predicted octanol–water partition coefficient (Wildman–Crippen LogP) is 15.0. The Morgan fingerprint density at radius 1 is 0.295 bits per heavy atom. The van der Waals surface area contributed by atoms with Crippen molar-refractivity contribution in [3.05, 3.63) is 218 Å². The highest BCUT2D eigenvalue weighted by atomic mass is 32.1. The lowest BCUT2D eigenvalue weighted by molar-refractivity contribution is 1.07. The molecule has 286 valence electrons. The fourth-order valence-electron chi connectivity index (χ4n) is 8.15. The zero-order chi connectivity index (χ0) is 40.5. The number of hydrogen-bond donors (Lipinski definition) is 0. The lowest BCUT2D eigenvalue weighted by Gasteiger charge is -2.12. The van der Waals surface area contributed by atoms with E-state index in [0.717, 1.165) is 65.8 Å². The van der Waals surface area contributed by atoms with Crippen LogP contribution >= 0.6 is 11.3 Å². The smallest absolute Gasteiger partial charge is 0.164 e. The molecule has 0 aliphatic carbocycles. The number of aromatic nitrogens is 4. The third-order valence-electron chi connectivity index (χ3n) is 11.1. The first-order valence-electron chi connectivity index (χ1n) is 20.4. The molecule has 3 aromatic heterocycles. The Bertz CT molecular complexity index is 3330. The number of pyridine rings is 1. The largest absolute Gasteiger partial charge is 0.246 e.